The standard InChI is InChI=1S/C14H19FN2O2/c1-2-3-4-13(18)16-9-10-17-14(19)11-5-7-12(15)8-6-11/h5-8H,2-4,9-10H2,1H3,(H,16,18)(H,17,19). The molecule has 0 aromatic heterocycles. The number of unbranched alkanes of at least 4 members (excludes halogenated alkanes) is 1. The molecule has 0 heterocycles. The van der Waals surface area contributed by atoms with E-state index in [4.69, 9.17) is 0 Å². The fourth-order valence-corrected chi connectivity index (χ4v) is 1.51. The average molecular weight is 266 g/mol. The first-order valence-electron chi connectivity index (χ1n) is 6.44. The van der Waals surface area contributed by atoms with Crippen molar-refractivity contribution in [3.8, 4) is 0 Å². The van der Waals surface area contributed by atoms with Gasteiger partial charge in [-0.1, -0.05) is 13.3 Å². The maximum atomic E-state index is 12.7. The molecule has 0 aliphatic rings. The highest BCUT2D eigenvalue weighted by molar-refractivity contribution is 5.94. The van der Waals surface area contributed by atoms with Crippen molar-refractivity contribution in [2.24, 2.45) is 0 Å². The van der Waals surface area contributed by atoms with Gasteiger partial charge in [0.15, 0.2) is 0 Å². The first kappa shape index (κ1) is 15.1. The van der Waals surface area contributed by atoms with E-state index in [0.29, 0.717) is 25.1 Å². The summed E-state index contributed by atoms with van der Waals surface area (Å²) in [4.78, 5) is 22.9. The third kappa shape index (κ3) is 5.99. The molecule has 0 saturated heterocycles. The first-order valence-corrected chi connectivity index (χ1v) is 6.44. The fraction of sp³-hybridized carbons (Fsp3) is 0.429. The molecule has 1 aromatic carbocycles. The molecule has 4 nitrogen and oxygen atoms in total. The number of nitrogens with one attached hydrogen (secondary N) is 2. The van der Waals surface area contributed by atoms with Crippen LogP contribution in [0.15, 0.2) is 24.3 Å². The van der Waals surface area contributed by atoms with Gasteiger partial charge in [-0.05, 0) is 30.7 Å². The van der Waals surface area contributed by atoms with Crippen LogP contribution in [0.25, 0.3) is 0 Å². The molecule has 0 saturated carbocycles. The molecule has 0 bridgehead atoms. The Morgan fingerprint density at radius 3 is 2.37 bits per heavy atom. The second-order valence-electron chi connectivity index (χ2n) is 4.22. The van der Waals surface area contributed by atoms with Gasteiger partial charge in [0.1, 0.15) is 5.82 Å². The average Bonchev–Trinajstić information content (AvgIpc) is 2.41. The summed E-state index contributed by atoms with van der Waals surface area (Å²) in [7, 11) is 0. The minimum atomic E-state index is -0.375. The lowest BCUT2D eigenvalue weighted by Crippen LogP contribution is -2.34. The van der Waals surface area contributed by atoms with Gasteiger partial charge in [0, 0.05) is 25.1 Å². The van der Waals surface area contributed by atoms with Gasteiger partial charge in [0.2, 0.25) is 5.91 Å². The van der Waals surface area contributed by atoms with Crippen LogP contribution >= 0.6 is 0 Å². The molecular weight excluding hydrogens is 247 g/mol. The molecule has 0 radical (unpaired) electrons. The Balaban J connectivity index is 2.20. The van der Waals surface area contributed by atoms with Crippen molar-refractivity contribution in [3.05, 3.63) is 35.6 Å². The summed E-state index contributed by atoms with van der Waals surface area (Å²) < 4.78 is 12.7. The zero-order chi connectivity index (χ0) is 14.1. The van der Waals surface area contributed by atoms with E-state index in [1.165, 1.54) is 24.3 Å². The Kier molecular flexibility index (Phi) is 6.57. The van der Waals surface area contributed by atoms with Crippen LogP contribution in [0.3, 0.4) is 0 Å². The SMILES string of the molecule is CCCCC(=O)NCCNC(=O)c1ccc(F)cc1. The van der Waals surface area contributed by atoms with E-state index in [1.54, 1.807) is 0 Å². The van der Waals surface area contributed by atoms with Gasteiger partial charge in [-0.2, -0.15) is 0 Å². The third-order valence-electron chi connectivity index (χ3n) is 2.60. The molecule has 104 valence electrons. The quantitative estimate of drug-likeness (QED) is 0.740. The normalized spacial score (nSPS) is 10.0. The number of amides is 2. The Morgan fingerprint density at radius 2 is 1.74 bits per heavy atom. The predicted octanol–water partition coefficient (Wildman–Crippen LogP) is 1.86. The molecule has 5 heteroatoms. The molecule has 1 rings (SSSR count). The van der Waals surface area contributed by atoms with E-state index in [9.17, 15) is 14.0 Å². The van der Waals surface area contributed by atoms with Crippen molar-refractivity contribution in [2.75, 3.05) is 13.1 Å². The fourth-order valence-electron chi connectivity index (χ4n) is 1.51. The van der Waals surface area contributed by atoms with E-state index in [2.05, 4.69) is 10.6 Å². The second kappa shape index (κ2) is 8.24. The van der Waals surface area contributed by atoms with Crippen LogP contribution in [0.5, 0.6) is 0 Å². The van der Waals surface area contributed by atoms with Crippen LogP contribution in [-0.2, 0) is 4.79 Å². The highest BCUT2D eigenvalue weighted by atomic mass is 19.1. The summed E-state index contributed by atoms with van der Waals surface area (Å²) in [5.74, 6) is -0.652. The largest absolute Gasteiger partial charge is 0.354 e. The van der Waals surface area contributed by atoms with Crippen LogP contribution in [-0.4, -0.2) is 24.9 Å². The minimum Gasteiger partial charge on any atom is -0.354 e. The summed E-state index contributed by atoms with van der Waals surface area (Å²) in [6, 6.07) is 5.32. The highest BCUT2D eigenvalue weighted by Gasteiger charge is 2.05. The number of halogens is 1. The monoisotopic (exact) mass is 266 g/mol. The van der Waals surface area contributed by atoms with Crippen molar-refractivity contribution in [3.63, 3.8) is 0 Å². The molecule has 2 N–H and O–H groups in total. The van der Waals surface area contributed by atoms with Gasteiger partial charge in [-0.15, -0.1) is 0 Å². The second-order valence-corrected chi connectivity index (χ2v) is 4.22. The lowest BCUT2D eigenvalue weighted by atomic mass is 10.2. The maximum Gasteiger partial charge on any atom is 0.251 e. The molecule has 1 aromatic rings. The van der Waals surface area contributed by atoms with Gasteiger partial charge in [-0.25, -0.2) is 4.39 Å². The summed E-state index contributed by atoms with van der Waals surface area (Å²) in [5.41, 5.74) is 0.402. The van der Waals surface area contributed by atoms with Crippen molar-refractivity contribution in [1.82, 2.24) is 10.6 Å². The molecule has 0 fully saturated rings. The maximum absolute atomic E-state index is 12.7. The molecule has 0 aliphatic heterocycles. The van der Waals surface area contributed by atoms with Gasteiger partial charge < -0.3 is 10.6 Å². The van der Waals surface area contributed by atoms with Crippen molar-refractivity contribution in [2.45, 2.75) is 26.2 Å². The van der Waals surface area contributed by atoms with Crippen LogP contribution < -0.4 is 10.6 Å². The van der Waals surface area contributed by atoms with Gasteiger partial charge >= 0.3 is 0 Å². The van der Waals surface area contributed by atoms with Crippen LogP contribution in [0, 0.1) is 5.82 Å². The van der Waals surface area contributed by atoms with E-state index in [0.717, 1.165) is 12.8 Å². The Hall–Kier alpha value is -1.91. The zero-order valence-electron chi connectivity index (χ0n) is 11.0. The first-order chi connectivity index (χ1) is 9.13. The number of hydrogen-bond donors (Lipinski definition) is 2. The summed E-state index contributed by atoms with van der Waals surface area (Å²) in [6.45, 7) is 2.78. The number of hydrogen-bond acceptors (Lipinski definition) is 2. The number of benzene rings is 1. The predicted molar refractivity (Wildman–Crippen MR) is 71.3 cm³/mol. The molecular formula is C14H19FN2O2. The Morgan fingerprint density at radius 1 is 1.11 bits per heavy atom. The topological polar surface area (TPSA) is 58.2 Å². The Labute approximate surface area is 112 Å². The number of carbonyl (C=O) groups excluding carboxylic acids is 2. The van der Waals surface area contributed by atoms with Gasteiger partial charge in [0.25, 0.3) is 5.91 Å². The molecule has 2 amide bonds. The minimum absolute atomic E-state index is 0.00196. The highest BCUT2D eigenvalue weighted by Crippen LogP contribution is 2.01. The van der Waals surface area contributed by atoms with Crippen LogP contribution in [0.2, 0.25) is 0 Å². The summed E-state index contributed by atoms with van der Waals surface area (Å²) >= 11 is 0. The molecule has 19 heavy (non-hydrogen) atoms. The molecule has 0 aliphatic carbocycles. The number of rotatable bonds is 7. The summed E-state index contributed by atoms with van der Waals surface area (Å²) in [6.07, 6.45) is 2.37. The van der Waals surface area contributed by atoms with E-state index >= 15 is 0 Å². The van der Waals surface area contributed by atoms with E-state index in [-0.39, 0.29) is 17.6 Å². The van der Waals surface area contributed by atoms with Gasteiger partial charge in [0.05, 0.1) is 0 Å². The third-order valence-corrected chi connectivity index (χ3v) is 2.60. The van der Waals surface area contributed by atoms with E-state index in [1.807, 2.05) is 6.92 Å². The van der Waals surface area contributed by atoms with Crippen molar-refractivity contribution >= 4 is 11.8 Å². The number of carbonyl (C=O) groups is 2. The smallest absolute Gasteiger partial charge is 0.251 e. The van der Waals surface area contributed by atoms with E-state index < -0.39 is 0 Å². The van der Waals surface area contributed by atoms with Crippen molar-refractivity contribution < 1.29 is 14.0 Å². The lowest BCUT2D eigenvalue weighted by molar-refractivity contribution is -0.121. The van der Waals surface area contributed by atoms with Gasteiger partial charge in [-0.3, -0.25) is 9.59 Å². The molecule has 0 spiro atoms. The molecule has 0 unspecified atom stereocenters. The zero-order valence-corrected chi connectivity index (χ0v) is 11.0. The molecule has 0 atom stereocenters. The summed E-state index contributed by atoms with van der Waals surface area (Å²) in [5, 5.41) is 5.37. The van der Waals surface area contributed by atoms with Crippen LogP contribution in [0.4, 0.5) is 4.39 Å². The Bertz CT molecular complexity index is 418. The van der Waals surface area contributed by atoms with Crippen molar-refractivity contribution in [1.29, 1.82) is 0 Å². The van der Waals surface area contributed by atoms with Crippen LogP contribution in [0.1, 0.15) is 36.5 Å². The lowest BCUT2D eigenvalue weighted by Gasteiger charge is -2.07.